The van der Waals surface area contributed by atoms with E-state index >= 15 is 0 Å². The van der Waals surface area contributed by atoms with Gasteiger partial charge in [0, 0.05) is 6.04 Å². The van der Waals surface area contributed by atoms with Crippen molar-refractivity contribution in [2.45, 2.75) is 19.9 Å². The zero-order valence-corrected chi connectivity index (χ0v) is 11.5. The maximum absolute atomic E-state index is 11.6. The molecular weight excluding hydrogens is 304 g/mol. The highest BCUT2D eigenvalue weighted by molar-refractivity contribution is 9.10. The molecule has 1 amide bonds. The van der Waals surface area contributed by atoms with E-state index in [1.54, 1.807) is 13.8 Å². The molecule has 0 unspecified atom stereocenters. The number of rotatable bonds is 4. The van der Waals surface area contributed by atoms with Crippen LogP contribution in [0.15, 0.2) is 10.8 Å². The zero-order valence-electron chi connectivity index (χ0n) is 9.94. The van der Waals surface area contributed by atoms with E-state index in [0.29, 0.717) is 4.60 Å². The standard InChI is InChI=1S/C10H13BrN4O3/c1-5(2)14-7(16)4-18-10(17)8-9(12)13-3-6(11)15-8/h3,5H,4H2,1-2H3,(H2,12,13)(H,14,16). The van der Waals surface area contributed by atoms with Crippen LogP contribution in [0.2, 0.25) is 0 Å². The molecule has 8 heteroatoms. The van der Waals surface area contributed by atoms with E-state index in [0.717, 1.165) is 0 Å². The van der Waals surface area contributed by atoms with Crippen LogP contribution in [0.5, 0.6) is 0 Å². The summed E-state index contributed by atoms with van der Waals surface area (Å²) in [5.41, 5.74) is 5.36. The lowest BCUT2D eigenvalue weighted by Gasteiger charge is -2.09. The Hall–Kier alpha value is -1.70. The lowest BCUT2D eigenvalue weighted by Crippen LogP contribution is -2.34. The topological polar surface area (TPSA) is 107 Å². The Bertz CT molecular complexity index is 464. The molecule has 0 saturated heterocycles. The van der Waals surface area contributed by atoms with Crippen molar-refractivity contribution >= 4 is 33.6 Å². The maximum Gasteiger partial charge on any atom is 0.361 e. The molecule has 98 valence electrons. The second-order valence-corrected chi connectivity index (χ2v) is 4.54. The lowest BCUT2D eigenvalue weighted by molar-refractivity contribution is -0.124. The number of aromatic nitrogens is 2. The largest absolute Gasteiger partial charge is 0.451 e. The molecule has 7 nitrogen and oxygen atoms in total. The predicted octanol–water partition coefficient (Wildman–Crippen LogP) is 0.503. The number of amides is 1. The molecule has 1 heterocycles. The molecule has 0 aliphatic heterocycles. The molecule has 0 aliphatic carbocycles. The molecule has 1 aromatic rings. The molecule has 1 rings (SSSR count). The number of halogens is 1. The minimum Gasteiger partial charge on any atom is -0.451 e. The van der Waals surface area contributed by atoms with Crippen LogP contribution in [0.4, 0.5) is 5.82 Å². The summed E-state index contributed by atoms with van der Waals surface area (Å²) in [6, 6.07) is -0.0214. The van der Waals surface area contributed by atoms with Gasteiger partial charge in [0.05, 0.1) is 6.20 Å². The number of nitrogens with zero attached hydrogens (tertiary/aromatic N) is 2. The van der Waals surface area contributed by atoms with Crippen molar-refractivity contribution in [1.29, 1.82) is 0 Å². The Morgan fingerprint density at radius 3 is 2.83 bits per heavy atom. The van der Waals surface area contributed by atoms with Crippen LogP contribution < -0.4 is 11.1 Å². The van der Waals surface area contributed by atoms with Gasteiger partial charge in [-0.05, 0) is 29.8 Å². The van der Waals surface area contributed by atoms with Gasteiger partial charge in [0.1, 0.15) is 4.60 Å². The average Bonchev–Trinajstić information content (AvgIpc) is 2.28. The van der Waals surface area contributed by atoms with Gasteiger partial charge in [-0.1, -0.05) is 0 Å². The van der Waals surface area contributed by atoms with Gasteiger partial charge in [-0.25, -0.2) is 14.8 Å². The van der Waals surface area contributed by atoms with Gasteiger partial charge >= 0.3 is 5.97 Å². The highest BCUT2D eigenvalue weighted by atomic mass is 79.9. The molecule has 0 atom stereocenters. The quantitative estimate of drug-likeness (QED) is 0.783. The van der Waals surface area contributed by atoms with Crippen molar-refractivity contribution in [2.75, 3.05) is 12.3 Å². The summed E-state index contributed by atoms with van der Waals surface area (Å²) < 4.78 is 5.13. The Kier molecular flexibility index (Phi) is 5.02. The molecule has 18 heavy (non-hydrogen) atoms. The molecule has 0 aliphatic rings. The third-order valence-electron chi connectivity index (χ3n) is 1.75. The number of carbonyl (C=O) groups excluding carboxylic acids is 2. The minimum absolute atomic E-state index is 0.0214. The number of ether oxygens (including phenoxy) is 1. The fourth-order valence-electron chi connectivity index (χ4n) is 1.09. The van der Waals surface area contributed by atoms with E-state index in [2.05, 4.69) is 31.2 Å². The van der Waals surface area contributed by atoms with Gasteiger partial charge in [0.2, 0.25) is 0 Å². The number of nitrogen functional groups attached to an aromatic ring is 1. The van der Waals surface area contributed by atoms with Crippen LogP contribution in [0, 0.1) is 0 Å². The molecular formula is C10H13BrN4O3. The van der Waals surface area contributed by atoms with Crippen molar-refractivity contribution in [2.24, 2.45) is 0 Å². The molecule has 0 spiro atoms. The van der Waals surface area contributed by atoms with Crippen molar-refractivity contribution in [3.63, 3.8) is 0 Å². The van der Waals surface area contributed by atoms with E-state index in [9.17, 15) is 9.59 Å². The van der Waals surface area contributed by atoms with Crippen molar-refractivity contribution in [1.82, 2.24) is 15.3 Å². The Morgan fingerprint density at radius 1 is 1.56 bits per heavy atom. The summed E-state index contributed by atoms with van der Waals surface area (Å²) in [5.74, 6) is -1.23. The highest BCUT2D eigenvalue weighted by Gasteiger charge is 2.16. The summed E-state index contributed by atoms with van der Waals surface area (Å²) in [6.45, 7) is 3.22. The van der Waals surface area contributed by atoms with Crippen molar-refractivity contribution in [3.8, 4) is 0 Å². The normalized spacial score (nSPS) is 10.2. The van der Waals surface area contributed by atoms with Crippen LogP contribution in [0.1, 0.15) is 24.3 Å². The summed E-state index contributed by atoms with van der Waals surface area (Å²) in [6.07, 6.45) is 1.36. The third-order valence-corrected chi connectivity index (χ3v) is 2.13. The van der Waals surface area contributed by atoms with E-state index in [-0.39, 0.29) is 30.1 Å². The molecule has 1 aromatic heterocycles. The Labute approximate surface area is 112 Å². The first-order valence-electron chi connectivity index (χ1n) is 5.14. The Balaban J connectivity index is 2.60. The minimum atomic E-state index is -0.791. The maximum atomic E-state index is 11.6. The van der Waals surface area contributed by atoms with E-state index < -0.39 is 5.97 Å². The van der Waals surface area contributed by atoms with Gasteiger partial charge < -0.3 is 15.8 Å². The monoisotopic (exact) mass is 316 g/mol. The van der Waals surface area contributed by atoms with Crippen LogP contribution in [0.25, 0.3) is 0 Å². The van der Waals surface area contributed by atoms with Gasteiger partial charge in [0.15, 0.2) is 18.1 Å². The number of anilines is 1. The fourth-order valence-corrected chi connectivity index (χ4v) is 1.37. The number of hydrogen-bond donors (Lipinski definition) is 2. The molecule has 0 aromatic carbocycles. The van der Waals surface area contributed by atoms with Crippen LogP contribution in [-0.4, -0.2) is 34.5 Å². The third kappa shape index (κ3) is 4.28. The average molecular weight is 317 g/mol. The molecule has 3 N–H and O–H groups in total. The number of hydrogen-bond acceptors (Lipinski definition) is 6. The summed E-state index contributed by atoms with van der Waals surface area (Å²) >= 11 is 3.06. The Morgan fingerprint density at radius 2 is 2.22 bits per heavy atom. The zero-order chi connectivity index (χ0) is 13.7. The van der Waals surface area contributed by atoms with Crippen molar-refractivity contribution < 1.29 is 14.3 Å². The van der Waals surface area contributed by atoms with E-state index in [4.69, 9.17) is 10.5 Å². The number of nitrogens with one attached hydrogen (secondary N) is 1. The molecule has 0 bridgehead atoms. The van der Waals surface area contributed by atoms with Crippen LogP contribution in [0.3, 0.4) is 0 Å². The SMILES string of the molecule is CC(C)NC(=O)COC(=O)c1nc(Br)cnc1N. The van der Waals surface area contributed by atoms with E-state index in [1.807, 2.05) is 0 Å². The second-order valence-electron chi connectivity index (χ2n) is 3.72. The van der Waals surface area contributed by atoms with E-state index in [1.165, 1.54) is 6.20 Å². The van der Waals surface area contributed by atoms with Crippen molar-refractivity contribution in [3.05, 3.63) is 16.5 Å². The summed E-state index contributed by atoms with van der Waals surface area (Å²) in [7, 11) is 0. The highest BCUT2D eigenvalue weighted by Crippen LogP contribution is 2.11. The lowest BCUT2D eigenvalue weighted by atomic mass is 10.4. The number of esters is 1. The summed E-state index contributed by atoms with van der Waals surface area (Å²) in [5, 5.41) is 2.58. The molecule has 0 radical (unpaired) electrons. The second kappa shape index (κ2) is 6.29. The van der Waals surface area contributed by atoms with Gasteiger partial charge in [0.25, 0.3) is 5.91 Å². The number of nitrogens with two attached hydrogens (primary N) is 1. The predicted molar refractivity (Wildman–Crippen MR) is 67.7 cm³/mol. The van der Waals surface area contributed by atoms with Crippen LogP contribution in [-0.2, 0) is 9.53 Å². The molecule has 0 fully saturated rings. The van der Waals surface area contributed by atoms with Gasteiger partial charge in [-0.3, -0.25) is 4.79 Å². The smallest absolute Gasteiger partial charge is 0.361 e. The first-order valence-corrected chi connectivity index (χ1v) is 5.94. The first kappa shape index (κ1) is 14.4. The first-order chi connectivity index (χ1) is 8.40. The fraction of sp³-hybridized carbons (Fsp3) is 0.400. The molecule has 0 saturated carbocycles. The number of carbonyl (C=O) groups is 2. The van der Waals surface area contributed by atoms with Crippen LogP contribution >= 0.6 is 15.9 Å². The van der Waals surface area contributed by atoms with Gasteiger partial charge in [-0.2, -0.15) is 0 Å². The summed E-state index contributed by atoms with van der Waals surface area (Å²) in [4.78, 5) is 30.5. The van der Waals surface area contributed by atoms with Gasteiger partial charge in [-0.15, -0.1) is 0 Å².